The molecular formula is C14H28O2. The Bertz CT molecular complexity index is 189. The van der Waals surface area contributed by atoms with Gasteiger partial charge in [0.1, 0.15) is 0 Å². The average Bonchev–Trinajstić information content (AvgIpc) is 2.16. The molecule has 1 fully saturated rings. The van der Waals surface area contributed by atoms with Crippen molar-refractivity contribution in [3.8, 4) is 0 Å². The number of hydrogen-bond acceptors (Lipinski definition) is 2. The molecule has 0 aliphatic carbocycles. The first kappa shape index (κ1) is 14.0. The third kappa shape index (κ3) is 4.42. The molecule has 1 heterocycles. The molecular weight excluding hydrogens is 200 g/mol. The van der Waals surface area contributed by atoms with Gasteiger partial charge in [-0.15, -0.1) is 0 Å². The summed E-state index contributed by atoms with van der Waals surface area (Å²) in [5, 5.41) is 0. The van der Waals surface area contributed by atoms with E-state index in [0.29, 0.717) is 24.0 Å². The van der Waals surface area contributed by atoms with Gasteiger partial charge < -0.3 is 9.47 Å². The highest BCUT2D eigenvalue weighted by Crippen LogP contribution is 2.28. The monoisotopic (exact) mass is 228 g/mol. The van der Waals surface area contributed by atoms with Crippen molar-refractivity contribution in [2.45, 2.75) is 78.8 Å². The van der Waals surface area contributed by atoms with E-state index < -0.39 is 0 Å². The van der Waals surface area contributed by atoms with Gasteiger partial charge in [0.25, 0.3) is 0 Å². The zero-order valence-corrected chi connectivity index (χ0v) is 11.5. The Morgan fingerprint density at radius 3 is 2.31 bits per heavy atom. The predicted molar refractivity (Wildman–Crippen MR) is 67.4 cm³/mol. The van der Waals surface area contributed by atoms with Gasteiger partial charge in [0.05, 0.1) is 12.2 Å². The van der Waals surface area contributed by atoms with Gasteiger partial charge >= 0.3 is 0 Å². The van der Waals surface area contributed by atoms with Gasteiger partial charge in [0, 0.05) is 6.42 Å². The van der Waals surface area contributed by atoms with Gasteiger partial charge in [-0.3, -0.25) is 0 Å². The van der Waals surface area contributed by atoms with E-state index in [1.807, 2.05) is 0 Å². The van der Waals surface area contributed by atoms with Crippen molar-refractivity contribution in [2.24, 2.45) is 11.8 Å². The summed E-state index contributed by atoms with van der Waals surface area (Å²) in [6.45, 7) is 11.2. The van der Waals surface area contributed by atoms with Crippen LogP contribution in [0.25, 0.3) is 0 Å². The highest BCUT2D eigenvalue weighted by molar-refractivity contribution is 4.75. The van der Waals surface area contributed by atoms with Crippen molar-refractivity contribution in [1.29, 1.82) is 0 Å². The summed E-state index contributed by atoms with van der Waals surface area (Å²) in [7, 11) is 0. The maximum Gasteiger partial charge on any atom is 0.158 e. The minimum atomic E-state index is 0.0369. The fourth-order valence-corrected chi connectivity index (χ4v) is 2.29. The predicted octanol–water partition coefficient (Wildman–Crippen LogP) is 3.99. The lowest BCUT2D eigenvalue weighted by Gasteiger charge is -2.38. The average molecular weight is 228 g/mol. The van der Waals surface area contributed by atoms with Crippen molar-refractivity contribution in [2.75, 3.05) is 0 Å². The molecule has 16 heavy (non-hydrogen) atoms. The van der Waals surface area contributed by atoms with Crippen LogP contribution in [0.1, 0.15) is 60.3 Å². The lowest BCUT2D eigenvalue weighted by atomic mass is 9.94. The van der Waals surface area contributed by atoms with E-state index in [-0.39, 0.29) is 6.29 Å². The van der Waals surface area contributed by atoms with E-state index in [1.54, 1.807) is 0 Å². The Labute approximate surface area is 101 Å². The quantitative estimate of drug-likeness (QED) is 0.708. The standard InChI is InChI=1S/C14H28O2/c1-6-7-14-15-12(8-10(2)3)9-13(16-14)11(4)5/h10-14H,6-9H2,1-5H3. The largest absolute Gasteiger partial charge is 0.349 e. The summed E-state index contributed by atoms with van der Waals surface area (Å²) in [4.78, 5) is 0. The summed E-state index contributed by atoms with van der Waals surface area (Å²) in [6.07, 6.45) is 5.20. The van der Waals surface area contributed by atoms with Crippen LogP contribution in [0.3, 0.4) is 0 Å². The summed E-state index contributed by atoms with van der Waals surface area (Å²) in [5.41, 5.74) is 0. The van der Waals surface area contributed by atoms with Crippen molar-refractivity contribution < 1.29 is 9.47 Å². The lowest BCUT2D eigenvalue weighted by molar-refractivity contribution is -0.255. The van der Waals surface area contributed by atoms with Gasteiger partial charge in [-0.1, -0.05) is 41.0 Å². The molecule has 0 aromatic rings. The van der Waals surface area contributed by atoms with Crippen LogP contribution in [0.4, 0.5) is 0 Å². The summed E-state index contributed by atoms with van der Waals surface area (Å²) in [6, 6.07) is 0. The van der Waals surface area contributed by atoms with Gasteiger partial charge in [0.15, 0.2) is 6.29 Å². The molecule has 2 heteroatoms. The van der Waals surface area contributed by atoms with Gasteiger partial charge in [-0.25, -0.2) is 0 Å². The van der Waals surface area contributed by atoms with Crippen molar-refractivity contribution in [3.05, 3.63) is 0 Å². The SMILES string of the molecule is CCCC1OC(CC(C)C)CC(C(C)C)O1. The van der Waals surface area contributed by atoms with E-state index in [2.05, 4.69) is 34.6 Å². The zero-order chi connectivity index (χ0) is 12.1. The Morgan fingerprint density at radius 2 is 1.81 bits per heavy atom. The second-order valence-corrected chi connectivity index (χ2v) is 5.76. The molecule has 3 atom stereocenters. The smallest absolute Gasteiger partial charge is 0.158 e. The highest BCUT2D eigenvalue weighted by Gasteiger charge is 2.31. The van der Waals surface area contributed by atoms with Crippen LogP contribution >= 0.6 is 0 Å². The van der Waals surface area contributed by atoms with Crippen LogP contribution in [0.5, 0.6) is 0 Å². The molecule has 0 amide bonds. The molecule has 96 valence electrons. The summed E-state index contributed by atoms with van der Waals surface area (Å²) >= 11 is 0. The topological polar surface area (TPSA) is 18.5 Å². The Morgan fingerprint density at radius 1 is 1.12 bits per heavy atom. The van der Waals surface area contributed by atoms with Crippen LogP contribution in [-0.2, 0) is 9.47 Å². The molecule has 0 aromatic carbocycles. The van der Waals surface area contributed by atoms with Crippen LogP contribution in [0.2, 0.25) is 0 Å². The highest BCUT2D eigenvalue weighted by atomic mass is 16.7. The van der Waals surface area contributed by atoms with Gasteiger partial charge in [0.2, 0.25) is 0 Å². The maximum atomic E-state index is 6.00. The van der Waals surface area contributed by atoms with E-state index in [1.165, 1.54) is 0 Å². The van der Waals surface area contributed by atoms with Crippen molar-refractivity contribution in [3.63, 3.8) is 0 Å². The van der Waals surface area contributed by atoms with Crippen molar-refractivity contribution in [1.82, 2.24) is 0 Å². The maximum absolute atomic E-state index is 6.00. The second kappa shape index (κ2) is 6.61. The Hall–Kier alpha value is -0.0800. The van der Waals surface area contributed by atoms with E-state index in [4.69, 9.17) is 9.47 Å². The third-order valence-corrected chi connectivity index (χ3v) is 3.17. The molecule has 1 rings (SSSR count). The molecule has 3 unspecified atom stereocenters. The van der Waals surface area contributed by atoms with Crippen LogP contribution in [-0.4, -0.2) is 18.5 Å². The van der Waals surface area contributed by atoms with Crippen molar-refractivity contribution >= 4 is 0 Å². The first-order valence-corrected chi connectivity index (χ1v) is 6.83. The Balaban J connectivity index is 2.51. The molecule has 0 aromatic heterocycles. The number of ether oxygens (including phenoxy) is 2. The van der Waals surface area contributed by atoms with E-state index >= 15 is 0 Å². The normalized spacial score (nSPS) is 31.3. The third-order valence-electron chi connectivity index (χ3n) is 3.17. The zero-order valence-electron chi connectivity index (χ0n) is 11.5. The first-order valence-electron chi connectivity index (χ1n) is 6.83. The molecule has 0 radical (unpaired) electrons. The summed E-state index contributed by atoms with van der Waals surface area (Å²) < 4.78 is 12.0. The van der Waals surface area contributed by atoms with Gasteiger partial charge in [-0.05, 0) is 24.7 Å². The van der Waals surface area contributed by atoms with Crippen LogP contribution in [0.15, 0.2) is 0 Å². The van der Waals surface area contributed by atoms with E-state index in [0.717, 1.165) is 25.7 Å². The number of rotatable bonds is 5. The summed E-state index contributed by atoms with van der Waals surface area (Å²) in [5.74, 6) is 1.30. The first-order chi connectivity index (χ1) is 7.52. The molecule has 0 bridgehead atoms. The number of hydrogen-bond donors (Lipinski definition) is 0. The fourth-order valence-electron chi connectivity index (χ4n) is 2.29. The van der Waals surface area contributed by atoms with E-state index in [9.17, 15) is 0 Å². The minimum absolute atomic E-state index is 0.0369. The molecule has 2 nitrogen and oxygen atoms in total. The van der Waals surface area contributed by atoms with Gasteiger partial charge in [-0.2, -0.15) is 0 Å². The molecule has 0 spiro atoms. The molecule has 0 N–H and O–H groups in total. The van der Waals surface area contributed by atoms with Crippen LogP contribution in [0, 0.1) is 11.8 Å². The van der Waals surface area contributed by atoms with Crippen LogP contribution < -0.4 is 0 Å². The second-order valence-electron chi connectivity index (χ2n) is 5.76. The minimum Gasteiger partial charge on any atom is -0.349 e. The molecule has 1 aliphatic heterocycles. The fraction of sp³-hybridized carbons (Fsp3) is 1.00. The molecule has 0 saturated carbocycles. The Kier molecular flexibility index (Phi) is 5.77. The molecule has 1 aliphatic rings. The lowest BCUT2D eigenvalue weighted by Crippen LogP contribution is -2.41. The molecule has 1 saturated heterocycles.